The maximum absolute atomic E-state index is 12.5. The van der Waals surface area contributed by atoms with E-state index >= 15 is 0 Å². The van der Waals surface area contributed by atoms with Crippen molar-refractivity contribution in [3.63, 3.8) is 0 Å². The Morgan fingerprint density at radius 2 is 2.31 bits per heavy atom. The molecule has 0 bridgehead atoms. The van der Waals surface area contributed by atoms with Crippen molar-refractivity contribution < 1.29 is 9.32 Å². The second kappa shape index (κ2) is 7.04. The molecule has 1 amide bonds. The Kier molecular flexibility index (Phi) is 4.44. The maximum atomic E-state index is 12.5. The zero-order valence-corrected chi connectivity index (χ0v) is 14.3. The first-order chi connectivity index (χ1) is 12.7. The van der Waals surface area contributed by atoms with E-state index in [1.54, 1.807) is 6.20 Å². The van der Waals surface area contributed by atoms with Crippen molar-refractivity contribution in [1.29, 1.82) is 0 Å². The van der Waals surface area contributed by atoms with Crippen LogP contribution >= 0.6 is 0 Å². The van der Waals surface area contributed by atoms with E-state index in [4.69, 9.17) is 4.52 Å². The average molecular weight is 353 g/mol. The quantitative estimate of drug-likeness (QED) is 0.694. The Morgan fingerprint density at radius 3 is 3.15 bits per heavy atom. The molecule has 4 heterocycles. The number of carbonyl (C=O) groups is 1. The van der Waals surface area contributed by atoms with Crippen LogP contribution in [0.2, 0.25) is 0 Å². The smallest absolute Gasteiger partial charge is 0.263 e. The topological polar surface area (TPSA) is 109 Å². The fourth-order valence-electron chi connectivity index (χ4n) is 3.07. The molecule has 0 saturated carbocycles. The van der Waals surface area contributed by atoms with Gasteiger partial charge in [0.2, 0.25) is 5.91 Å². The summed E-state index contributed by atoms with van der Waals surface area (Å²) in [6, 6.07) is 5.29. The summed E-state index contributed by atoms with van der Waals surface area (Å²) in [6.45, 7) is 4.18. The van der Waals surface area contributed by atoms with Gasteiger partial charge in [-0.05, 0) is 19.1 Å². The molecule has 1 fully saturated rings. The van der Waals surface area contributed by atoms with Gasteiger partial charge in [0.1, 0.15) is 23.6 Å². The van der Waals surface area contributed by atoms with Crippen LogP contribution in [-0.4, -0.2) is 51.7 Å². The number of piperazine rings is 1. The van der Waals surface area contributed by atoms with Crippen LogP contribution < -0.4 is 15.5 Å². The van der Waals surface area contributed by atoms with Gasteiger partial charge in [0.15, 0.2) is 0 Å². The maximum Gasteiger partial charge on any atom is 0.263 e. The highest BCUT2D eigenvalue weighted by Gasteiger charge is 2.28. The molecule has 0 spiro atoms. The summed E-state index contributed by atoms with van der Waals surface area (Å²) < 4.78 is 5.21. The zero-order chi connectivity index (χ0) is 17.9. The van der Waals surface area contributed by atoms with Crippen molar-refractivity contribution in [2.24, 2.45) is 0 Å². The summed E-state index contributed by atoms with van der Waals surface area (Å²) in [4.78, 5) is 27.3. The fraction of sp³-hybridized carbons (Fsp3) is 0.353. The summed E-state index contributed by atoms with van der Waals surface area (Å²) in [5.41, 5.74) is 2.03. The van der Waals surface area contributed by atoms with E-state index in [9.17, 15) is 4.79 Å². The molecule has 1 aliphatic rings. The third-order valence-electron chi connectivity index (χ3n) is 4.38. The first-order valence-corrected chi connectivity index (χ1v) is 8.45. The van der Waals surface area contributed by atoms with Crippen LogP contribution in [0.3, 0.4) is 0 Å². The number of anilines is 1. The van der Waals surface area contributed by atoms with Gasteiger partial charge in [0, 0.05) is 25.8 Å². The van der Waals surface area contributed by atoms with Gasteiger partial charge in [-0.1, -0.05) is 11.2 Å². The highest BCUT2D eigenvalue weighted by Crippen LogP contribution is 2.26. The molecule has 1 aliphatic heterocycles. The molecule has 2 N–H and O–H groups in total. The normalized spacial score (nSPS) is 17.4. The Morgan fingerprint density at radius 1 is 1.38 bits per heavy atom. The van der Waals surface area contributed by atoms with Gasteiger partial charge in [-0.2, -0.15) is 4.98 Å². The molecule has 0 aromatic carbocycles. The molecular formula is C17H19N7O2. The molecule has 0 aliphatic carbocycles. The van der Waals surface area contributed by atoms with Crippen molar-refractivity contribution in [2.75, 3.05) is 24.5 Å². The number of hydrogen-bond donors (Lipinski definition) is 2. The van der Waals surface area contributed by atoms with Gasteiger partial charge >= 0.3 is 0 Å². The number of aromatic nitrogens is 4. The van der Waals surface area contributed by atoms with Crippen molar-refractivity contribution in [3.05, 3.63) is 42.1 Å². The molecule has 9 heteroatoms. The number of rotatable bonds is 4. The number of pyridine rings is 1. The van der Waals surface area contributed by atoms with E-state index in [0.717, 1.165) is 29.1 Å². The number of amides is 1. The van der Waals surface area contributed by atoms with Crippen LogP contribution in [0.1, 0.15) is 11.4 Å². The second-order valence-corrected chi connectivity index (χ2v) is 6.14. The Labute approximate surface area is 149 Å². The lowest BCUT2D eigenvalue weighted by Gasteiger charge is -2.33. The Hall–Kier alpha value is -3.07. The van der Waals surface area contributed by atoms with E-state index in [-0.39, 0.29) is 11.9 Å². The van der Waals surface area contributed by atoms with Crippen molar-refractivity contribution in [3.8, 4) is 0 Å². The molecule has 0 radical (unpaired) electrons. The van der Waals surface area contributed by atoms with Gasteiger partial charge in [-0.15, -0.1) is 0 Å². The molecule has 0 unspecified atom stereocenters. The van der Waals surface area contributed by atoms with Gasteiger partial charge in [0.05, 0.1) is 17.9 Å². The molecule has 1 atom stereocenters. The van der Waals surface area contributed by atoms with Crippen LogP contribution in [0.25, 0.3) is 11.1 Å². The minimum Gasteiger partial charge on any atom is -0.352 e. The van der Waals surface area contributed by atoms with Crippen LogP contribution in [0, 0.1) is 6.92 Å². The highest BCUT2D eigenvalue weighted by atomic mass is 16.5. The van der Waals surface area contributed by atoms with E-state index in [2.05, 4.69) is 35.6 Å². The average Bonchev–Trinajstić information content (AvgIpc) is 3.08. The van der Waals surface area contributed by atoms with Crippen LogP contribution in [0.5, 0.6) is 0 Å². The Balaban J connectivity index is 1.47. The minimum atomic E-state index is -0.336. The van der Waals surface area contributed by atoms with E-state index in [1.807, 2.05) is 25.1 Å². The van der Waals surface area contributed by atoms with Crippen LogP contribution in [0.15, 0.2) is 35.2 Å². The molecule has 4 rings (SSSR count). The van der Waals surface area contributed by atoms with Crippen molar-refractivity contribution in [2.45, 2.75) is 19.5 Å². The zero-order valence-electron chi connectivity index (χ0n) is 14.3. The Bertz CT molecular complexity index is 912. The number of hydrogen-bond acceptors (Lipinski definition) is 8. The lowest BCUT2D eigenvalue weighted by molar-refractivity contribution is -0.123. The number of fused-ring (bicyclic) bond motifs is 1. The molecular weight excluding hydrogens is 334 g/mol. The third-order valence-corrected chi connectivity index (χ3v) is 4.38. The SMILES string of the molecule is Cc1noc2ncnc(N3CCN[C@H](C(=O)NCc4ccccn4)C3)c12. The molecule has 1 saturated heterocycles. The standard InChI is InChI=1S/C17H19N7O2/c1-11-14-15(21-10-22-17(14)26-23-11)24-7-6-19-13(9-24)16(25)20-8-12-4-2-3-5-18-12/h2-5,10,13,19H,6-9H2,1H3,(H,20,25)/t13-/m0/s1. The lowest BCUT2D eigenvalue weighted by atomic mass is 10.1. The number of aryl methyl sites for hydroxylation is 1. The van der Waals surface area contributed by atoms with Crippen LogP contribution in [-0.2, 0) is 11.3 Å². The van der Waals surface area contributed by atoms with Gasteiger partial charge in [0.25, 0.3) is 5.71 Å². The number of nitrogens with one attached hydrogen (secondary N) is 2. The molecule has 26 heavy (non-hydrogen) atoms. The van der Waals surface area contributed by atoms with Gasteiger partial charge in [-0.25, -0.2) is 4.98 Å². The molecule has 3 aromatic heterocycles. The monoisotopic (exact) mass is 353 g/mol. The number of nitrogens with zero attached hydrogens (tertiary/aromatic N) is 5. The second-order valence-electron chi connectivity index (χ2n) is 6.14. The van der Waals surface area contributed by atoms with E-state index < -0.39 is 0 Å². The van der Waals surface area contributed by atoms with E-state index in [0.29, 0.717) is 25.3 Å². The summed E-state index contributed by atoms with van der Waals surface area (Å²) >= 11 is 0. The fourth-order valence-corrected chi connectivity index (χ4v) is 3.07. The summed E-state index contributed by atoms with van der Waals surface area (Å²) in [5.74, 6) is 0.686. The van der Waals surface area contributed by atoms with Crippen molar-refractivity contribution >= 4 is 22.8 Å². The predicted molar refractivity (Wildman–Crippen MR) is 94.4 cm³/mol. The first kappa shape index (κ1) is 16.4. The highest BCUT2D eigenvalue weighted by molar-refractivity contribution is 5.89. The molecule has 9 nitrogen and oxygen atoms in total. The first-order valence-electron chi connectivity index (χ1n) is 8.45. The summed E-state index contributed by atoms with van der Waals surface area (Å²) in [7, 11) is 0. The summed E-state index contributed by atoms with van der Waals surface area (Å²) in [5, 5.41) is 10.9. The van der Waals surface area contributed by atoms with Gasteiger partial charge < -0.3 is 20.1 Å². The largest absolute Gasteiger partial charge is 0.352 e. The molecule has 134 valence electrons. The lowest BCUT2D eigenvalue weighted by Crippen LogP contribution is -2.57. The van der Waals surface area contributed by atoms with Crippen molar-refractivity contribution in [1.82, 2.24) is 30.7 Å². The van der Waals surface area contributed by atoms with E-state index in [1.165, 1.54) is 6.33 Å². The molecule has 3 aromatic rings. The van der Waals surface area contributed by atoms with Gasteiger partial charge in [-0.3, -0.25) is 9.78 Å². The third kappa shape index (κ3) is 3.21. The number of carbonyl (C=O) groups excluding carboxylic acids is 1. The summed E-state index contributed by atoms with van der Waals surface area (Å²) in [6.07, 6.45) is 3.17. The minimum absolute atomic E-state index is 0.0623. The predicted octanol–water partition coefficient (Wildman–Crippen LogP) is 0.416. The van der Waals surface area contributed by atoms with Crippen LogP contribution in [0.4, 0.5) is 5.82 Å².